The molecule has 0 bridgehead atoms. The number of amides is 1. The summed E-state index contributed by atoms with van der Waals surface area (Å²) in [6.45, 7) is 8.90. The Morgan fingerprint density at radius 3 is 2.65 bits per heavy atom. The van der Waals surface area contributed by atoms with Crippen molar-refractivity contribution < 1.29 is 4.79 Å². The van der Waals surface area contributed by atoms with Gasteiger partial charge >= 0.3 is 0 Å². The van der Waals surface area contributed by atoms with E-state index in [9.17, 15) is 4.79 Å². The van der Waals surface area contributed by atoms with Crippen molar-refractivity contribution in [2.45, 2.75) is 59.3 Å². The molecule has 0 radical (unpaired) electrons. The zero-order valence-electron chi connectivity index (χ0n) is 13.0. The number of hydrogen-bond donors (Lipinski definition) is 1. The van der Waals surface area contributed by atoms with Crippen LogP contribution in [0.1, 0.15) is 62.1 Å². The van der Waals surface area contributed by atoms with Crippen LogP contribution in [0.4, 0.5) is 5.69 Å². The molecule has 0 saturated heterocycles. The van der Waals surface area contributed by atoms with Crippen LogP contribution in [0.5, 0.6) is 0 Å². The molecule has 0 spiro atoms. The fraction of sp³-hybridized carbons (Fsp3) is 0.611. The first-order chi connectivity index (χ1) is 9.40. The van der Waals surface area contributed by atoms with Crippen molar-refractivity contribution >= 4 is 11.6 Å². The number of carbonyl (C=O) groups is 1. The Balaban J connectivity index is 2.06. The Bertz CT molecular complexity index is 559. The lowest BCUT2D eigenvalue weighted by Gasteiger charge is -2.41. The maximum atomic E-state index is 12.6. The zero-order valence-corrected chi connectivity index (χ0v) is 13.0. The Hall–Kier alpha value is -1.31. The number of carbonyl (C=O) groups excluding carboxylic acids is 1. The number of hydrogen-bond acceptors (Lipinski definition) is 1. The number of benzene rings is 1. The van der Waals surface area contributed by atoms with E-state index in [1.165, 1.54) is 42.4 Å². The first-order valence-electron chi connectivity index (χ1n) is 7.82. The van der Waals surface area contributed by atoms with Gasteiger partial charge in [0.05, 0.1) is 5.92 Å². The van der Waals surface area contributed by atoms with Gasteiger partial charge in [-0.3, -0.25) is 4.79 Å². The van der Waals surface area contributed by atoms with Gasteiger partial charge in [-0.05, 0) is 49.1 Å². The second-order valence-corrected chi connectivity index (χ2v) is 7.35. The highest BCUT2D eigenvalue weighted by Crippen LogP contribution is 2.51. The Kier molecular flexibility index (Phi) is 3.15. The number of aryl methyl sites for hydroxylation is 2. The van der Waals surface area contributed by atoms with Crippen LogP contribution >= 0.6 is 0 Å². The first kappa shape index (κ1) is 13.7. The van der Waals surface area contributed by atoms with E-state index < -0.39 is 0 Å². The molecule has 2 unspecified atom stereocenters. The maximum absolute atomic E-state index is 12.6. The number of anilines is 1. The summed E-state index contributed by atoms with van der Waals surface area (Å²) in [7, 11) is 0. The fourth-order valence-electron chi connectivity index (χ4n) is 4.30. The van der Waals surface area contributed by atoms with Crippen molar-refractivity contribution in [3.05, 3.63) is 28.8 Å². The minimum atomic E-state index is 0.0545. The molecule has 1 aromatic carbocycles. The molecular weight excluding hydrogens is 246 g/mol. The van der Waals surface area contributed by atoms with E-state index in [1.807, 2.05) is 0 Å². The second kappa shape index (κ2) is 4.61. The van der Waals surface area contributed by atoms with E-state index >= 15 is 0 Å². The van der Waals surface area contributed by atoms with E-state index in [2.05, 4.69) is 45.1 Å². The van der Waals surface area contributed by atoms with Gasteiger partial charge in [-0.15, -0.1) is 0 Å². The van der Waals surface area contributed by atoms with E-state index in [4.69, 9.17) is 0 Å². The Labute approximate surface area is 122 Å². The third-order valence-corrected chi connectivity index (χ3v) is 5.37. The van der Waals surface area contributed by atoms with Crippen molar-refractivity contribution in [1.29, 1.82) is 0 Å². The van der Waals surface area contributed by atoms with Crippen LogP contribution in [-0.4, -0.2) is 5.91 Å². The smallest absolute Gasteiger partial charge is 0.232 e. The average Bonchev–Trinajstić information content (AvgIpc) is 2.66. The molecule has 2 nitrogen and oxygen atoms in total. The van der Waals surface area contributed by atoms with Crippen molar-refractivity contribution in [1.82, 2.24) is 0 Å². The molecule has 1 aromatic rings. The number of fused-ring (bicyclic) bond motifs is 1. The zero-order chi connectivity index (χ0) is 14.5. The molecule has 1 saturated carbocycles. The quantitative estimate of drug-likeness (QED) is 0.797. The van der Waals surface area contributed by atoms with E-state index in [0.717, 1.165) is 5.69 Å². The Morgan fingerprint density at radius 2 is 1.95 bits per heavy atom. The predicted octanol–water partition coefficient (Wildman–Crippen LogP) is 4.56. The molecule has 1 aliphatic heterocycles. The van der Waals surface area contributed by atoms with Crippen molar-refractivity contribution in [2.24, 2.45) is 11.3 Å². The minimum absolute atomic E-state index is 0.0545. The summed E-state index contributed by atoms with van der Waals surface area (Å²) in [4.78, 5) is 12.6. The van der Waals surface area contributed by atoms with Gasteiger partial charge in [-0.1, -0.05) is 44.4 Å². The van der Waals surface area contributed by atoms with Crippen LogP contribution in [0.3, 0.4) is 0 Å². The van der Waals surface area contributed by atoms with Crippen molar-refractivity contribution in [3.8, 4) is 0 Å². The molecule has 1 heterocycles. The summed E-state index contributed by atoms with van der Waals surface area (Å²) in [6, 6.07) is 4.38. The van der Waals surface area contributed by atoms with Gasteiger partial charge in [0.1, 0.15) is 0 Å². The molecule has 3 rings (SSSR count). The summed E-state index contributed by atoms with van der Waals surface area (Å²) >= 11 is 0. The van der Waals surface area contributed by atoms with Crippen LogP contribution in [0.2, 0.25) is 0 Å². The molecule has 0 aromatic heterocycles. The van der Waals surface area contributed by atoms with Crippen LogP contribution < -0.4 is 5.32 Å². The van der Waals surface area contributed by atoms with Gasteiger partial charge in [0.2, 0.25) is 5.91 Å². The van der Waals surface area contributed by atoms with Gasteiger partial charge in [0, 0.05) is 5.69 Å². The van der Waals surface area contributed by atoms with Gasteiger partial charge in [-0.2, -0.15) is 0 Å². The van der Waals surface area contributed by atoms with E-state index in [-0.39, 0.29) is 17.2 Å². The minimum Gasteiger partial charge on any atom is -0.325 e. The fourth-order valence-corrected chi connectivity index (χ4v) is 4.30. The van der Waals surface area contributed by atoms with E-state index in [0.29, 0.717) is 5.92 Å². The highest BCUT2D eigenvalue weighted by molar-refractivity contribution is 6.04. The lowest BCUT2D eigenvalue weighted by Crippen LogP contribution is -2.35. The SMILES string of the molecule is Cc1cc(C)c2c(c1)C(C1CCCCC1(C)C)C(=O)N2. The molecule has 20 heavy (non-hydrogen) atoms. The third-order valence-electron chi connectivity index (χ3n) is 5.37. The summed E-state index contributed by atoms with van der Waals surface area (Å²) in [5, 5.41) is 3.14. The van der Waals surface area contributed by atoms with Crippen LogP contribution in [0, 0.1) is 25.2 Å². The molecule has 108 valence electrons. The lowest BCUT2D eigenvalue weighted by molar-refractivity contribution is -0.119. The summed E-state index contributed by atoms with van der Waals surface area (Å²) in [5.41, 5.74) is 5.04. The molecule has 1 amide bonds. The van der Waals surface area contributed by atoms with Crippen LogP contribution in [-0.2, 0) is 4.79 Å². The summed E-state index contributed by atoms with van der Waals surface area (Å²) < 4.78 is 0. The number of nitrogens with one attached hydrogen (secondary N) is 1. The van der Waals surface area contributed by atoms with Crippen molar-refractivity contribution in [3.63, 3.8) is 0 Å². The standard InChI is InChI=1S/C18H25NO/c1-11-9-12(2)16-13(10-11)15(17(20)19-16)14-7-5-6-8-18(14,3)4/h9-10,14-15H,5-8H2,1-4H3,(H,19,20). The molecular formula is C18H25NO. The van der Waals surface area contributed by atoms with Gasteiger partial charge < -0.3 is 5.32 Å². The highest BCUT2D eigenvalue weighted by atomic mass is 16.2. The number of rotatable bonds is 1. The monoisotopic (exact) mass is 271 g/mol. The molecule has 1 fully saturated rings. The summed E-state index contributed by atoms with van der Waals surface area (Å²) in [5.74, 6) is 0.742. The molecule has 2 aliphatic rings. The molecule has 1 N–H and O–H groups in total. The van der Waals surface area contributed by atoms with E-state index in [1.54, 1.807) is 0 Å². The normalized spacial score (nSPS) is 28.1. The van der Waals surface area contributed by atoms with Crippen LogP contribution in [0.25, 0.3) is 0 Å². The second-order valence-electron chi connectivity index (χ2n) is 7.35. The Morgan fingerprint density at radius 1 is 1.20 bits per heavy atom. The van der Waals surface area contributed by atoms with Crippen LogP contribution in [0.15, 0.2) is 12.1 Å². The lowest BCUT2D eigenvalue weighted by atomic mass is 9.62. The topological polar surface area (TPSA) is 29.1 Å². The molecule has 2 heteroatoms. The van der Waals surface area contributed by atoms with Gasteiger partial charge in [-0.25, -0.2) is 0 Å². The maximum Gasteiger partial charge on any atom is 0.232 e. The summed E-state index contributed by atoms with van der Waals surface area (Å²) in [6.07, 6.45) is 4.98. The molecule has 1 aliphatic carbocycles. The predicted molar refractivity (Wildman–Crippen MR) is 83.0 cm³/mol. The molecule has 2 atom stereocenters. The van der Waals surface area contributed by atoms with Gasteiger partial charge in [0.15, 0.2) is 0 Å². The highest BCUT2D eigenvalue weighted by Gasteiger charge is 2.45. The third kappa shape index (κ3) is 2.06. The first-order valence-corrected chi connectivity index (χ1v) is 7.82. The largest absolute Gasteiger partial charge is 0.325 e. The van der Waals surface area contributed by atoms with Gasteiger partial charge in [0.25, 0.3) is 0 Å². The van der Waals surface area contributed by atoms with Crippen molar-refractivity contribution in [2.75, 3.05) is 5.32 Å². The average molecular weight is 271 g/mol.